The molecule has 0 radical (unpaired) electrons. The Labute approximate surface area is 142 Å². The molecule has 0 saturated carbocycles. The second-order valence-electron chi connectivity index (χ2n) is 4.30. The maximum absolute atomic E-state index is 12.5. The molecule has 1 aliphatic rings. The van der Waals surface area contributed by atoms with E-state index in [1.165, 1.54) is 23.1 Å². The molecule has 1 atom stereocenters. The van der Waals surface area contributed by atoms with E-state index in [0.29, 0.717) is 20.7 Å². The summed E-state index contributed by atoms with van der Waals surface area (Å²) in [7, 11) is 0. The molecule has 0 unspecified atom stereocenters. The first-order valence-corrected chi connectivity index (χ1v) is 8.89. The Morgan fingerprint density at radius 3 is 2.90 bits per heavy atom. The molecule has 1 N–H and O–H groups in total. The van der Waals surface area contributed by atoms with Crippen LogP contribution in [0.15, 0.2) is 21.5 Å². The highest BCUT2D eigenvalue weighted by Crippen LogP contribution is 2.41. The number of halogens is 1. The predicted octanol–water partition coefficient (Wildman–Crippen LogP) is 3.72. The van der Waals surface area contributed by atoms with E-state index < -0.39 is 5.92 Å². The number of Topliss-reactive ketones (excluding diaryl/α,β-unsaturated/α-hetero) is 1. The number of thioether (sulfide) groups is 1. The maximum atomic E-state index is 12.5. The van der Waals surface area contributed by atoms with E-state index in [4.69, 9.17) is 9.83 Å². The zero-order chi connectivity index (χ0) is 15.0. The first-order valence-electron chi connectivity index (χ1n) is 6.18. The second kappa shape index (κ2) is 6.01. The number of furan rings is 1. The number of carbonyl (C=O) groups is 1. The number of ketones is 1. The van der Waals surface area contributed by atoms with Gasteiger partial charge in [0.05, 0.1) is 9.95 Å². The summed E-state index contributed by atoms with van der Waals surface area (Å²) >= 11 is 4.64. The lowest BCUT2D eigenvalue weighted by Crippen LogP contribution is -2.11. The van der Waals surface area contributed by atoms with Gasteiger partial charge in [0.15, 0.2) is 9.55 Å². The smallest absolute Gasteiger partial charge is 0.186 e. The van der Waals surface area contributed by atoms with Gasteiger partial charge in [-0.15, -0.1) is 21.5 Å². The first-order chi connectivity index (χ1) is 10.1. The highest BCUT2D eigenvalue weighted by Gasteiger charge is 2.39. The summed E-state index contributed by atoms with van der Waals surface area (Å²) in [5.41, 5.74) is 0. The largest absolute Gasteiger partial charge is 0.451 e. The maximum Gasteiger partial charge on any atom is 0.186 e. The normalized spacial score (nSPS) is 20.7. The molecule has 108 valence electrons. The van der Waals surface area contributed by atoms with Gasteiger partial charge in [-0.1, -0.05) is 18.7 Å². The quantitative estimate of drug-likeness (QED) is 0.592. The van der Waals surface area contributed by atoms with Crippen molar-refractivity contribution in [3.05, 3.63) is 36.6 Å². The lowest BCUT2D eigenvalue weighted by molar-refractivity contribution is -0.114. The van der Waals surface area contributed by atoms with Crippen LogP contribution in [0.5, 0.6) is 0 Å². The second-order valence-corrected chi connectivity index (χ2v) is 7.54. The topological polar surface area (TPSA) is 79.8 Å². The van der Waals surface area contributed by atoms with Crippen molar-refractivity contribution in [2.75, 3.05) is 0 Å². The van der Waals surface area contributed by atoms with E-state index in [9.17, 15) is 4.79 Å². The van der Waals surface area contributed by atoms with Crippen molar-refractivity contribution in [2.24, 2.45) is 0 Å². The SMILES string of the molecule is CCc1nnc([C@@H]2C(=N)S/C(=C\c3ccc(I)o3)C2=O)s1. The Morgan fingerprint density at radius 1 is 1.48 bits per heavy atom. The average molecular weight is 431 g/mol. The van der Waals surface area contributed by atoms with Gasteiger partial charge in [0, 0.05) is 0 Å². The zero-order valence-electron chi connectivity index (χ0n) is 10.9. The Balaban J connectivity index is 1.90. The van der Waals surface area contributed by atoms with Gasteiger partial charge in [-0.2, -0.15) is 0 Å². The van der Waals surface area contributed by atoms with Crippen molar-refractivity contribution in [1.82, 2.24) is 10.2 Å². The number of carbonyl (C=O) groups excluding carboxylic acids is 1. The fourth-order valence-electron chi connectivity index (χ4n) is 1.88. The number of hydrogen-bond donors (Lipinski definition) is 1. The standard InChI is InChI=1S/C13H10IN3O2S2/c1-2-9-16-17-13(21-9)10-11(18)7(20-12(10)15)5-6-3-4-8(14)19-6/h3-5,10,15H,2H2,1H3/b7-5-,15-12?/t10-/m0/s1. The monoisotopic (exact) mass is 431 g/mol. The van der Waals surface area contributed by atoms with Crippen molar-refractivity contribution >= 4 is 62.6 Å². The van der Waals surface area contributed by atoms with Crippen LogP contribution in [-0.4, -0.2) is 21.0 Å². The molecular formula is C13H10IN3O2S2. The molecule has 1 fully saturated rings. The molecule has 2 aromatic rings. The van der Waals surface area contributed by atoms with E-state index >= 15 is 0 Å². The molecular weight excluding hydrogens is 421 g/mol. The first kappa shape index (κ1) is 14.9. The van der Waals surface area contributed by atoms with Crippen molar-refractivity contribution < 1.29 is 9.21 Å². The predicted molar refractivity (Wildman–Crippen MR) is 91.8 cm³/mol. The minimum atomic E-state index is -0.604. The van der Waals surface area contributed by atoms with Crippen LogP contribution in [0.25, 0.3) is 6.08 Å². The lowest BCUT2D eigenvalue weighted by atomic mass is 10.1. The fraction of sp³-hybridized carbons (Fsp3) is 0.231. The zero-order valence-corrected chi connectivity index (χ0v) is 14.7. The Hall–Kier alpha value is -1.00. The van der Waals surface area contributed by atoms with E-state index in [2.05, 4.69) is 32.8 Å². The van der Waals surface area contributed by atoms with Crippen LogP contribution in [0.1, 0.15) is 28.6 Å². The summed E-state index contributed by atoms with van der Waals surface area (Å²) in [6.45, 7) is 1.99. The lowest BCUT2D eigenvalue weighted by Gasteiger charge is -2.00. The molecule has 0 amide bonds. The van der Waals surface area contributed by atoms with Gasteiger partial charge < -0.3 is 4.42 Å². The fourth-order valence-corrected chi connectivity index (χ4v) is 4.24. The van der Waals surface area contributed by atoms with Crippen molar-refractivity contribution in [2.45, 2.75) is 19.3 Å². The molecule has 0 spiro atoms. The molecule has 1 aliphatic heterocycles. The van der Waals surface area contributed by atoms with E-state index in [1.807, 2.05) is 13.0 Å². The van der Waals surface area contributed by atoms with Crippen LogP contribution < -0.4 is 0 Å². The van der Waals surface area contributed by atoms with Gasteiger partial charge >= 0.3 is 0 Å². The van der Waals surface area contributed by atoms with Crippen LogP contribution in [-0.2, 0) is 11.2 Å². The molecule has 0 aliphatic carbocycles. The highest BCUT2D eigenvalue weighted by molar-refractivity contribution is 14.1. The molecule has 2 aromatic heterocycles. The highest BCUT2D eigenvalue weighted by atomic mass is 127. The summed E-state index contributed by atoms with van der Waals surface area (Å²) in [5, 5.41) is 17.9. The van der Waals surface area contributed by atoms with Crippen LogP contribution in [0, 0.1) is 9.18 Å². The molecule has 3 heterocycles. The minimum Gasteiger partial charge on any atom is -0.451 e. The van der Waals surface area contributed by atoms with E-state index in [-0.39, 0.29) is 5.78 Å². The Kier molecular flexibility index (Phi) is 4.27. The number of aromatic nitrogens is 2. The van der Waals surface area contributed by atoms with Crippen molar-refractivity contribution in [1.29, 1.82) is 5.41 Å². The van der Waals surface area contributed by atoms with Gasteiger partial charge in [-0.3, -0.25) is 10.2 Å². The molecule has 21 heavy (non-hydrogen) atoms. The van der Waals surface area contributed by atoms with E-state index in [0.717, 1.165) is 15.2 Å². The van der Waals surface area contributed by atoms with Gasteiger partial charge in [0.2, 0.25) is 0 Å². The number of hydrogen-bond acceptors (Lipinski definition) is 7. The third kappa shape index (κ3) is 2.97. The number of aryl methyl sites for hydroxylation is 1. The molecule has 8 heteroatoms. The molecule has 5 nitrogen and oxygen atoms in total. The number of allylic oxidation sites excluding steroid dienone is 1. The Morgan fingerprint density at radius 2 is 2.29 bits per heavy atom. The molecule has 0 aromatic carbocycles. The number of nitrogens with zero attached hydrogens (tertiary/aromatic N) is 2. The molecule has 1 saturated heterocycles. The van der Waals surface area contributed by atoms with Gasteiger partial charge in [-0.05, 0) is 47.2 Å². The third-order valence-electron chi connectivity index (χ3n) is 2.89. The third-order valence-corrected chi connectivity index (χ3v) is 5.59. The summed E-state index contributed by atoms with van der Waals surface area (Å²) in [4.78, 5) is 13.0. The van der Waals surface area contributed by atoms with Crippen molar-refractivity contribution in [3.63, 3.8) is 0 Å². The van der Waals surface area contributed by atoms with Gasteiger partial charge in [0.1, 0.15) is 21.7 Å². The van der Waals surface area contributed by atoms with Gasteiger partial charge in [-0.25, -0.2) is 0 Å². The van der Waals surface area contributed by atoms with Crippen LogP contribution in [0.4, 0.5) is 0 Å². The minimum absolute atomic E-state index is 0.102. The Bertz CT molecular complexity index is 750. The summed E-state index contributed by atoms with van der Waals surface area (Å²) < 4.78 is 6.20. The summed E-state index contributed by atoms with van der Waals surface area (Å²) in [5.74, 6) is -0.0847. The van der Waals surface area contributed by atoms with Crippen LogP contribution in [0.3, 0.4) is 0 Å². The van der Waals surface area contributed by atoms with Crippen LogP contribution >= 0.6 is 45.7 Å². The van der Waals surface area contributed by atoms with E-state index in [1.54, 1.807) is 12.1 Å². The molecule has 3 rings (SSSR count). The summed E-state index contributed by atoms with van der Waals surface area (Å²) in [6, 6.07) is 3.64. The van der Waals surface area contributed by atoms with Crippen molar-refractivity contribution in [3.8, 4) is 0 Å². The number of nitrogens with one attached hydrogen (secondary N) is 1. The number of rotatable bonds is 3. The molecule has 0 bridgehead atoms. The van der Waals surface area contributed by atoms with Gasteiger partial charge in [0.25, 0.3) is 0 Å². The summed E-state index contributed by atoms with van der Waals surface area (Å²) in [6.07, 6.45) is 2.47. The average Bonchev–Trinajstić information content (AvgIpc) is 3.12. The van der Waals surface area contributed by atoms with Crippen LogP contribution in [0.2, 0.25) is 0 Å².